The first-order valence-corrected chi connectivity index (χ1v) is 13.9. The fourth-order valence-corrected chi connectivity index (χ4v) is 7.41. The number of phenols is 1. The first-order chi connectivity index (χ1) is 18.7. The van der Waals surface area contributed by atoms with Crippen molar-refractivity contribution in [3.8, 4) is 17.2 Å². The zero-order chi connectivity index (χ0) is 29.0. The molecule has 1 aromatic rings. The molecule has 1 spiro atoms. The van der Waals surface area contributed by atoms with Gasteiger partial charge in [-0.3, -0.25) is 14.4 Å². The second-order valence-corrected chi connectivity index (χ2v) is 13.1. The molecule has 6 aliphatic rings. The number of ketones is 2. The lowest BCUT2D eigenvalue weighted by Crippen LogP contribution is -2.72. The van der Waals surface area contributed by atoms with Gasteiger partial charge in [-0.25, -0.2) is 0 Å². The van der Waals surface area contributed by atoms with E-state index in [1.165, 1.54) is 0 Å². The van der Waals surface area contributed by atoms with E-state index in [1.54, 1.807) is 25.2 Å². The second-order valence-electron chi connectivity index (χ2n) is 13.1. The number of aromatic hydroxyl groups is 1. The Kier molecular flexibility index (Phi) is 5.54. The third kappa shape index (κ3) is 3.30. The van der Waals surface area contributed by atoms with Gasteiger partial charge in [0.25, 0.3) is 0 Å². The third-order valence-electron chi connectivity index (χ3n) is 9.23. The van der Waals surface area contributed by atoms with Crippen LogP contribution in [0.1, 0.15) is 82.8 Å². The van der Waals surface area contributed by atoms with Gasteiger partial charge in [0.15, 0.2) is 22.8 Å². The van der Waals surface area contributed by atoms with E-state index in [1.807, 2.05) is 53.7 Å². The van der Waals surface area contributed by atoms with Crippen molar-refractivity contribution >= 4 is 23.9 Å². The van der Waals surface area contributed by atoms with Gasteiger partial charge in [0.05, 0.1) is 11.2 Å². The molecular weight excluding hydrogens is 508 g/mol. The molecule has 3 aliphatic carbocycles. The fourth-order valence-electron chi connectivity index (χ4n) is 7.41. The summed E-state index contributed by atoms with van der Waals surface area (Å²) in [5.74, 6) is -0.814. The quantitative estimate of drug-likeness (QED) is 0.292. The van der Waals surface area contributed by atoms with Crippen LogP contribution < -0.4 is 9.47 Å². The summed E-state index contributed by atoms with van der Waals surface area (Å²) in [7, 11) is 0. The summed E-state index contributed by atoms with van der Waals surface area (Å²) in [5, 5.41) is 11.5. The summed E-state index contributed by atoms with van der Waals surface area (Å²) in [5.41, 5.74) is -1.26. The molecule has 1 saturated heterocycles. The highest BCUT2D eigenvalue weighted by atomic mass is 16.6. The zero-order valence-corrected chi connectivity index (χ0v) is 24.1. The first-order valence-electron chi connectivity index (χ1n) is 13.9. The summed E-state index contributed by atoms with van der Waals surface area (Å²) in [6, 6.07) is 0. The summed E-state index contributed by atoms with van der Waals surface area (Å²) < 4.78 is 20.2. The molecule has 1 saturated carbocycles. The fraction of sp³-hybridized carbons (Fsp3) is 0.485. The van der Waals surface area contributed by atoms with E-state index in [0.29, 0.717) is 40.9 Å². The van der Waals surface area contributed by atoms with Crippen LogP contribution in [0.15, 0.2) is 41.0 Å². The van der Waals surface area contributed by atoms with Gasteiger partial charge < -0.3 is 19.3 Å². The molecule has 1 unspecified atom stereocenters. The molecule has 1 N–H and O–H groups in total. The van der Waals surface area contributed by atoms with Crippen LogP contribution in [0.3, 0.4) is 0 Å². The molecular formula is C33H36O7. The van der Waals surface area contributed by atoms with E-state index in [-0.39, 0.29) is 41.0 Å². The number of fused-ring (bicyclic) bond motifs is 2. The van der Waals surface area contributed by atoms with Gasteiger partial charge in [-0.15, -0.1) is 0 Å². The molecule has 7 nitrogen and oxygen atoms in total. The van der Waals surface area contributed by atoms with Crippen molar-refractivity contribution in [1.82, 2.24) is 0 Å². The molecule has 3 aliphatic heterocycles. The number of allylic oxidation sites excluding steroid dienone is 4. The van der Waals surface area contributed by atoms with Crippen LogP contribution in [-0.2, 0) is 20.7 Å². The number of hydrogen-bond donors (Lipinski definition) is 1. The van der Waals surface area contributed by atoms with Gasteiger partial charge in [-0.05, 0) is 79.0 Å². The van der Waals surface area contributed by atoms with E-state index in [2.05, 4.69) is 0 Å². The summed E-state index contributed by atoms with van der Waals surface area (Å²) in [6.45, 7) is 13.4. The van der Waals surface area contributed by atoms with Crippen molar-refractivity contribution in [1.29, 1.82) is 0 Å². The lowest BCUT2D eigenvalue weighted by atomic mass is 9.51. The SMILES string of the molecule is CC(C)=CCc1c2c(c(O)c3c1O[C@@]14C(=C[C@@H]5CC1C(C)(C)O[C@]4(C/C=C(\C)C=O)C5=O)C3=O)C=CC(C)(C)O2. The minimum Gasteiger partial charge on any atom is -0.506 e. The van der Waals surface area contributed by atoms with E-state index in [9.17, 15) is 19.5 Å². The van der Waals surface area contributed by atoms with Crippen LogP contribution >= 0.6 is 0 Å². The Labute approximate surface area is 234 Å². The molecule has 7 heteroatoms. The van der Waals surface area contributed by atoms with E-state index >= 15 is 0 Å². The van der Waals surface area contributed by atoms with Crippen LogP contribution in [0.4, 0.5) is 0 Å². The Morgan fingerprint density at radius 2 is 1.80 bits per heavy atom. The molecule has 4 atom stereocenters. The van der Waals surface area contributed by atoms with Crippen molar-refractivity contribution in [2.24, 2.45) is 11.8 Å². The van der Waals surface area contributed by atoms with Gasteiger partial charge >= 0.3 is 0 Å². The molecule has 0 amide bonds. The molecule has 3 heterocycles. The van der Waals surface area contributed by atoms with Crippen molar-refractivity contribution in [2.45, 2.75) is 90.1 Å². The van der Waals surface area contributed by atoms with Crippen molar-refractivity contribution in [2.75, 3.05) is 0 Å². The number of Topliss-reactive ketones (excluding diaryl/α,β-unsaturated/α-hetero) is 2. The normalized spacial score (nSPS) is 31.9. The number of rotatable bonds is 5. The molecule has 7 rings (SSSR count). The molecule has 2 fully saturated rings. The minimum atomic E-state index is -1.49. The van der Waals surface area contributed by atoms with Crippen LogP contribution in [0, 0.1) is 11.8 Å². The van der Waals surface area contributed by atoms with Gasteiger partial charge in [0, 0.05) is 29.4 Å². The summed E-state index contributed by atoms with van der Waals surface area (Å²) >= 11 is 0. The predicted octanol–water partition coefficient (Wildman–Crippen LogP) is 5.63. The maximum atomic E-state index is 14.5. The molecule has 0 radical (unpaired) electrons. The largest absolute Gasteiger partial charge is 0.506 e. The Morgan fingerprint density at radius 3 is 2.48 bits per heavy atom. The highest BCUT2D eigenvalue weighted by Gasteiger charge is 2.81. The molecule has 210 valence electrons. The number of phenolic OH excluding ortho intramolecular Hbond substituents is 1. The topological polar surface area (TPSA) is 99.1 Å². The number of carbonyl (C=O) groups is 3. The van der Waals surface area contributed by atoms with E-state index < -0.39 is 28.3 Å². The Morgan fingerprint density at radius 1 is 1.07 bits per heavy atom. The summed E-state index contributed by atoms with van der Waals surface area (Å²) in [4.78, 5) is 40.1. The zero-order valence-electron chi connectivity index (χ0n) is 24.1. The van der Waals surface area contributed by atoms with Crippen LogP contribution in [-0.4, -0.2) is 45.4 Å². The maximum Gasteiger partial charge on any atom is 0.200 e. The number of hydrogen-bond acceptors (Lipinski definition) is 7. The van der Waals surface area contributed by atoms with Crippen LogP contribution in [0.5, 0.6) is 17.2 Å². The van der Waals surface area contributed by atoms with Gasteiger partial charge in [0.1, 0.15) is 34.7 Å². The van der Waals surface area contributed by atoms with Crippen LogP contribution in [0.25, 0.3) is 6.08 Å². The summed E-state index contributed by atoms with van der Waals surface area (Å²) in [6.07, 6.45) is 10.8. The van der Waals surface area contributed by atoms with Crippen molar-refractivity contribution < 1.29 is 33.7 Å². The highest BCUT2D eigenvalue weighted by Crippen LogP contribution is 2.68. The lowest BCUT2D eigenvalue weighted by molar-refractivity contribution is -0.171. The van der Waals surface area contributed by atoms with Gasteiger partial charge in [0.2, 0.25) is 0 Å². The molecule has 4 bridgehead atoms. The van der Waals surface area contributed by atoms with Gasteiger partial charge in [-0.2, -0.15) is 0 Å². The number of benzene rings is 1. The minimum absolute atomic E-state index is 0.0905. The van der Waals surface area contributed by atoms with Crippen LogP contribution in [0.2, 0.25) is 0 Å². The Hall–Kier alpha value is -3.45. The lowest BCUT2D eigenvalue weighted by Gasteiger charge is -2.56. The average molecular weight is 545 g/mol. The average Bonchev–Trinajstić information content (AvgIpc) is 3.03. The number of aldehydes is 1. The standard InChI is InChI=1S/C33H36O7/c1-17(2)8-9-21-27-20(11-12-30(4,5)38-27)25(35)24-26(36)22-14-19-15-23-31(6,7)40-32(29(19)37,13-10-18(3)16-34)33(22,23)39-28(21)24/h8,10-12,14,16,19,23,35H,9,13,15H2,1-7H3/b18-10+/t19-,23?,32-,33+/m1/s1. The van der Waals surface area contributed by atoms with Crippen molar-refractivity contribution in [3.63, 3.8) is 0 Å². The Balaban J connectivity index is 1.67. The van der Waals surface area contributed by atoms with E-state index in [0.717, 1.165) is 11.9 Å². The molecule has 40 heavy (non-hydrogen) atoms. The predicted molar refractivity (Wildman–Crippen MR) is 150 cm³/mol. The smallest absolute Gasteiger partial charge is 0.200 e. The van der Waals surface area contributed by atoms with Gasteiger partial charge in [-0.1, -0.05) is 23.8 Å². The Bertz CT molecular complexity index is 1510. The van der Waals surface area contributed by atoms with E-state index in [4.69, 9.17) is 14.2 Å². The molecule has 1 aromatic carbocycles. The monoisotopic (exact) mass is 544 g/mol. The van der Waals surface area contributed by atoms with Crippen molar-refractivity contribution in [3.05, 3.63) is 57.7 Å². The highest BCUT2D eigenvalue weighted by molar-refractivity contribution is 6.19. The first kappa shape index (κ1) is 26.8. The third-order valence-corrected chi connectivity index (χ3v) is 9.23. The second kappa shape index (κ2) is 8.29. The maximum absolute atomic E-state index is 14.5. The molecule has 0 aromatic heterocycles. The number of ether oxygens (including phenoxy) is 3. The number of carbonyl (C=O) groups excluding carboxylic acids is 3.